The summed E-state index contributed by atoms with van der Waals surface area (Å²) >= 11 is 0. The third-order valence-electron chi connectivity index (χ3n) is 3.61. The molecule has 0 unspecified atom stereocenters. The number of nitrogens with one attached hydrogen (secondary N) is 1. The Morgan fingerprint density at radius 1 is 0.963 bits per heavy atom. The van der Waals surface area contributed by atoms with Gasteiger partial charge in [-0.15, -0.1) is 0 Å². The molecule has 27 heavy (non-hydrogen) atoms. The van der Waals surface area contributed by atoms with E-state index >= 15 is 0 Å². The second kappa shape index (κ2) is 7.55. The monoisotopic (exact) mass is 382 g/mol. The zero-order valence-electron chi connectivity index (χ0n) is 14.8. The smallest absolute Gasteiger partial charge is 0.264 e. The lowest BCUT2D eigenvalue weighted by molar-refractivity contribution is 0.475. The van der Waals surface area contributed by atoms with Crippen LogP contribution in [0.2, 0.25) is 0 Å². The second-order valence-corrected chi connectivity index (χ2v) is 7.61. The van der Waals surface area contributed by atoms with Gasteiger partial charge in [-0.3, -0.25) is 4.99 Å². The van der Waals surface area contributed by atoms with Crippen molar-refractivity contribution < 1.29 is 13.5 Å². The highest BCUT2D eigenvalue weighted by Gasteiger charge is 2.16. The van der Waals surface area contributed by atoms with Gasteiger partial charge in [0, 0.05) is 17.6 Å². The molecule has 138 valence electrons. The molecular weight excluding hydrogens is 364 g/mol. The van der Waals surface area contributed by atoms with E-state index in [9.17, 15) is 13.5 Å². The Bertz CT molecular complexity index is 1060. The minimum atomic E-state index is -3.79. The van der Waals surface area contributed by atoms with Crippen LogP contribution in [0.25, 0.3) is 0 Å². The largest absolute Gasteiger partial charge is 0.508 e. The van der Waals surface area contributed by atoms with Crippen LogP contribution in [0.4, 0.5) is 11.6 Å². The van der Waals surface area contributed by atoms with Crippen molar-refractivity contribution >= 4 is 27.9 Å². The molecule has 0 saturated heterocycles. The Morgan fingerprint density at radius 2 is 1.56 bits per heavy atom. The summed E-state index contributed by atoms with van der Waals surface area (Å²) in [5.41, 5.74) is 2.78. The molecule has 2 N–H and O–H groups in total. The van der Waals surface area contributed by atoms with E-state index in [0.29, 0.717) is 17.1 Å². The van der Waals surface area contributed by atoms with Crippen LogP contribution in [0.5, 0.6) is 5.75 Å². The van der Waals surface area contributed by atoms with Gasteiger partial charge in [0.1, 0.15) is 5.75 Å². The highest BCUT2D eigenvalue weighted by molar-refractivity contribution is 7.92. The highest BCUT2D eigenvalue weighted by Crippen LogP contribution is 2.19. The molecule has 7 nitrogen and oxygen atoms in total. The molecule has 0 aliphatic rings. The first kappa shape index (κ1) is 18.5. The van der Waals surface area contributed by atoms with E-state index in [4.69, 9.17) is 0 Å². The van der Waals surface area contributed by atoms with E-state index in [0.717, 1.165) is 5.56 Å². The third-order valence-corrected chi connectivity index (χ3v) is 4.95. The molecule has 0 aliphatic carbocycles. The number of sulfonamides is 1. The van der Waals surface area contributed by atoms with Gasteiger partial charge in [-0.05, 0) is 74.0 Å². The number of hydrogen-bond donors (Lipinski definition) is 2. The van der Waals surface area contributed by atoms with Crippen molar-refractivity contribution in [2.45, 2.75) is 18.7 Å². The Labute approximate surface area is 157 Å². The van der Waals surface area contributed by atoms with Gasteiger partial charge in [0.15, 0.2) is 0 Å². The van der Waals surface area contributed by atoms with Crippen LogP contribution >= 0.6 is 0 Å². The van der Waals surface area contributed by atoms with Crippen molar-refractivity contribution in [3.8, 4) is 5.75 Å². The minimum Gasteiger partial charge on any atom is -0.508 e. The molecule has 3 aromatic rings. The van der Waals surface area contributed by atoms with Crippen LogP contribution in [-0.4, -0.2) is 29.7 Å². The number of phenolic OH excluding ortho intramolecular Hbond substituents is 1. The number of rotatable bonds is 5. The molecule has 0 fully saturated rings. The molecule has 0 bridgehead atoms. The molecular formula is C19H18N4O3S. The van der Waals surface area contributed by atoms with Gasteiger partial charge in [-0.25, -0.2) is 23.1 Å². The van der Waals surface area contributed by atoms with Crippen LogP contribution < -0.4 is 4.72 Å². The molecule has 8 heteroatoms. The fraction of sp³-hybridized carbons (Fsp3) is 0.105. The number of nitrogens with zero attached hydrogens (tertiary/aromatic N) is 3. The summed E-state index contributed by atoms with van der Waals surface area (Å²) in [6.07, 6.45) is 1.63. The van der Waals surface area contributed by atoms with Crippen molar-refractivity contribution in [2.75, 3.05) is 4.72 Å². The zero-order chi connectivity index (χ0) is 19.4. The Balaban J connectivity index is 1.76. The third kappa shape index (κ3) is 4.89. The Hall–Kier alpha value is -3.26. The van der Waals surface area contributed by atoms with Crippen molar-refractivity contribution in [1.82, 2.24) is 9.97 Å². The van der Waals surface area contributed by atoms with Crippen molar-refractivity contribution in [3.63, 3.8) is 0 Å². The van der Waals surface area contributed by atoms with Gasteiger partial charge in [-0.2, -0.15) is 0 Å². The van der Waals surface area contributed by atoms with Gasteiger partial charge < -0.3 is 5.11 Å². The molecule has 3 rings (SSSR count). The molecule has 2 aromatic carbocycles. The van der Waals surface area contributed by atoms with E-state index in [-0.39, 0.29) is 16.6 Å². The van der Waals surface area contributed by atoms with Crippen LogP contribution in [-0.2, 0) is 10.0 Å². The summed E-state index contributed by atoms with van der Waals surface area (Å²) in [4.78, 5) is 12.6. The zero-order valence-corrected chi connectivity index (χ0v) is 15.6. The van der Waals surface area contributed by atoms with Crippen LogP contribution in [0.3, 0.4) is 0 Å². The number of anilines is 1. The summed E-state index contributed by atoms with van der Waals surface area (Å²) in [6.45, 7) is 3.54. The number of benzene rings is 2. The first-order valence-corrected chi connectivity index (χ1v) is 9.58. The second-order valence-electron chi connectivity index (χ2n) is 5.92. The fourth-order valence-electron chi connectivity index (χ4n) is 2.37. The SMILES string of the molecule is Cc1cc(C)nc(NS(=O)(=O)c2ccc(N=Cc3ccc(O)cc3)cc2)n1. The first-order valence-electron chi connectivity index (χ1n) is 8.10. The maximum atomic E-state index is 12.5. The number of aromatic hydroxyl groups is 1. The predicted octanol–water partition coefficient (Wildman–Crippen LogP) is 3.35. The molecule has 0 atom stereocenters. The lowest BCUT2D eigenvalue weighted by atomic mass is 10.2. The normalized spacial score (nSPS) is 11.6. The van der Waals surface area contributed by atoms with Gasteiger partial charge in [0.05, 0.1) is 10.6 Å². The van der Waals surface area contributed by atoms with Gasteiger partial charge in [-0.1, -0.05) is 0 Å². The molecule has 0 radical (unpaired) electrons. The van der Waals surface area contributed by atoms with Crippen LogP contribution in [0, 0.1) is 13.8 Å². The van der Waals surface area contributed by atoms with E-state index in [2.05, 4.69) is 19.7 Å². The van der Waals surface area contributed by atoms with E-state index in [1.165, 1.54) is 12.1 Å². The maximum Gasteiger partial charge on any atom is 0.264 e. The van der Waals surface area contributed by atoms with Gasteiger partial charge in [0.25, 0.3) is 10.0 Å². The molecule has 0 saturated carbocycles. The quantitative estimate of drug-likeness (QED) is 0.659. The lowest BCUT2D eigenvalue weighted by Crippen LogP contribution is -2.15. The molecule has 1 heterocycles. The number of aliphatic imine (C=N–C) groups is 1. The summed E-state index contributed by atoms with van der Waals surface area (Å²) in [6, 6.07) is 14.5. The fourth-order valence-corrected chi connectivity index (χ4v) is 3.32. The van der Waals surface area contributed by atoms with Crippen molar-refractivity contribution in [3.05, 3.63) is 71.5 Å². The van der Waals surface area contributed by atoms with Crippen LogP contribution in [0.1, 0.15) is 17.0 Å². The topological polar surface area (TPSA) is 105 Å². The molecule has 1 aromatic heterocycles. The highest BCUT2D eigenvalue weighted by atomic mass is 32.2. The number of hydrogen-bond acceptors (Lipinski definition) is 6. The number of phenols is 1. The van der Waals surface area contributed by atoms with E-state index in [1.807, 2.05) is 0 Å². The Kier molecular flexibility index (Phi) is 5.18. The van der Waals surface area contributed by atoms with Crippen molar-refractivity contribution in [1.29, 1.82) is 0 Å². The average Bonchev–Trinajstić information content (AvgIpc) is 2.60. The number of aromatic nitrogens is 2. The first-order chi connectivity index (χ1) is 12.8. The Morgan fingerprint density at radius 3 is 2.15 bits per heavy atom. The molecule has 0 spiro atoms. The average molecular weight is 382 g/mol. The summed E-state index contributed by atoms with van der Waals surface area (Å²) in [5, 5.41) is 9.27. The minimum absolute atomic E-state index is 0.0435. The number of aryl methyl sites for hydroxylation is 2. The maximum absolute atomic E-state index is 12.5. The van der Waals surface area contributed by atoms with Gasteiger partial charge >= 0.3 is 0 Å². The van der Waals surface area contributed by atoms with E-state index in [1.54, 1.807) is 62.5 Å². The standard InChI is InChI=1S/C19H18N4O3S/c1-13-11-14(2)22-19(21-13)23-27(25,26)18-9-5-16(6-10-18)20-12-15-3-7-17(24)8-4-15/h3-12,24H,1-2H3,(H,21,22,23). The van der Waals surface area contributed by atoms with Crippen molar-refractivity contribution in [2.24, 2.45) is 4.99 Å². The summed E-state index contributed by atoms with van der Waals surface area (Å²) in [7, 11) is -3.79. The predicted molar refractivity (Wildman–Crippen MR) is 104 cm³/mol. The van der Waals surface area contributed by atoms with Crippen LogP contribution in [0.15, 0.2) is 64.5 Å². The molecule has 0 aliphatic heterocycles. The van der Waals surface area contributed by atoms with E-state index < -0.39 is 10.0 Å². The summed E-state index contributed by atoms with van der Waals surface area (Å²) in [5.74, 6) is 0.226. The summed E-state index contributed by atoms with van der Waals surface area (Å²) < 4.78 is 27.4. The molecule has 0 amide bonds. The lowest BCUT2D eigenvalue weighted by Gasteiger charge is -2.08. The van der Waals surface area contributed by atoms with Gasteiger partial charge in [0.2, 0.25) is 5.95 Å².